The first kappa shape index (κ1) is 50.7. The van der Waals surface area contributed by atoms with Crippen LogP contribution in [-0.2, 0) is 69.6 Å². The number of phosphoric acid groups is 3. The standard InChI is InChI=1S/C27H50N3O25P3/c1-5-6-47-25-16(28-10(2)31)22(37)20(35)14(51-25)8-49-57(43,44)55-27-18(30-12(4)33)24(39)21(36)15(53-27)9-50-58(45,46)54-26-17(29-11(3)32)23(38)19(34)13(52-26)7-48-56(40,41)42/h13-27,34-39H,5-9H2,1-4H3,(H,28,31)(H,29,32)(H,30,33)(H,43,44)(H,45,46)(H2,40,41,42)/t13?,14?,15?,16?,17?,18?,19-,20-,21-,22+,23+,24+,25+,26-,27-/m0/s1. The van der Waals surface area contributed by atoms with Gasteiger partial charge >= 0.3 is 23.5 Å². The normalized spacial score (nSPS) is 37.9. The van der Waals surface area contributed by atoms with Gasteiger partial charge in [-0.15, -0.1) is 0 Å². The van der Waals surface area contributed by atoms with Gasteiger partial charge in [0, 0.05) is 27.4 Å². The maximum Gasteiger partial charge on any atom is 0.474 e. The Kier molecular flexibility index (Phi) is 18.7. The van der Waals surface area contributed by atoms with Crippen LogP contribution in [0.5, 0.6) is 0 Å². The second kappa shape index (κ2) is 21.4. The summed E-state index contributed by atoms with van der Waals surface area (Å²) in [6, 6.07) is -4.90. The van der Waals surface area contributed by atoms with Gasteiger partial charge in [0.05, 0.1) is 19.8 Å². The van der Waals surface area contributed by atoms with Gasteiger partial charge in [-0.3, -0.25) is 37.0 Å². The zero-order valence-corrected chi connectivity index (χ0v) is 33.8. The number of amides is 3. The third kappa shape index (κ3) is 14.8. The Bertz CT molecular complexity index is 1540. The van der Waals surface area contributed by atoms with E-state index in [1.807, 2.05) is 0 Å². The number of phosphoric ester groups is 3. The van der Waals surface area contributed by atoms with Gasteiger partial charge in [0.2, 0.25) is 17.7 Å². The summed E-state index contributed by atoms with van der Waals surface area (Å²) >= 11 is 0. The summed E-state index contributed by atoms with van der Waals surface area (Å²) < 4.78 is 83.2. The fourth-order valence-electron chi connectivity index (χ4n) is 5.76. The molecule has 0 aromatic rings. The number of carbonyl (C=O) groups is 3. The maximum atomic E-state index is 13.1. The predicted octanol–water partition coefficient (Wildman–Crippen LogP) is -5.36. The molecule has 28 nitrogen and oxygen atoms in total. The highest BCUT2D eigenvalue weighted by molar-refractivity contribution is 7.47. The van der Waals surface area contributed by atoms with E-state index in [1.54, 1.807) is 6.92 Å². The fraction of sp³-hybridized carbons (Fsp3) is 0.889. The third-order valence-electron chi connectivity index (χ3n) is 8.38. The first-order chi connectivity index (χ1) is 26.8. The van der Waals surface area contributed by atoms with Crippen molar-refractivity contribution in [1.82, 2.24) is 16.0 Å². The zero-order valence-electron chi connectivity index (χ0n) is 31.1. The van der Waals surface area contributed by atoms with Crippen molar-refractivity contribution in [2.75, 3.05) is 26.4 Å². The summed E-state index contributed by atoms with van der Waals surface area (Å²) in [5, 5.41) is 70.4. The van der Waals surface area contributed by atoms with Crippen LogP contribution in [-0.4, -0.2) is 186 Å². The smallest absolute Gasteiger partial charge is 0.388 e. The molecule has 3 amide bonds. The van der Waals surface area contributed by atoms with E-state index in [0.717, 1.165) is 20.8 Å². The molecule has 0 aromatic heterocycles. The van der Waals surface area contributed by atoms with Crippen molar-refractivity contribution in [3.63, 3.8) is 0 Å². The van der Waals surface area contributed by atoms with Crippen molar-refractivity contribution in [1.29, 1.82) is 0 Å². The molecule has 3 aliphatic rings. The average Bonchev–Trinajstić information content (AvgIpc) is 3.10. The molecule has 3 fully saturated rings. The summed E-state index contributed by atoms with van der Waals surface area (Å²) in [6.45, 7) is 1.57. The summed E-state index contributed by atoms with van der Waals surface area (Å²) in [4.78, 5) is 74.5. The van der Waals surface area contributed by atoms with Crippen LogP contribution in [0.15, 0.2) is 0 Å². The van der Waals surface area contributed by atoms with E-state index in [-0.39, 0.29) is 6.61 Å². The fourth-order valence-corrected chi connectivity index (χ4v) is 7.78. The molecule has 8 unspecified atom stereocenters. The first-order valence-electron chi connectivity index (χ1n) is 17.2. The van der Waals surface area contributed by atoms with Crippen LogP contribution >= 0.6 is 23.5 Å². The summed E-state index contributed by atoms with van der Waals surface area (Å²) in [5.41, 5.74) is 0. The Morgan fingerprint density at radius 2 is 0.845 bits per heavy atom. The van der Waals surface area contributed by atoms with Crippen molar-refractivity contribution in [3.8, 4) is 0 Å². The third-order valence-corrected chi connectivity index (χ3v) is 10.8. The Morgan fingerprint density at radius 1 is 0.534 bits per heavy atom. The van der Waals surface area contributed by atoms with E-state index in [1.165, 1.54) is 0 Å². The number of rotatable bonds is 19. The van der Waals surface area contributed by atoms with Crippen molar-refractivity contribution in [3.05, 3.63) is 0 Å². The van der Waals surface area contributed by atoms with Gasteiger partial charge in [-0.25, -0.2) is 13.7 Å². The van der Waals surface area contributed by atoms with E-state index >= 15 is 0 Å². The van der Waals surface area contributed by atoms with Crippen molar-refractivity contribution in [2.45, 2.75) is 126 Å². The Hall–Kier alpha value is -1.66. The van der Waals surface area contributed by atoms with Gasteiger partial charge in [0.1, 0.15) is 73.1 Å². The molecule has 13 N–H and O–H groups in total. The summed E-state index contributed by atoms with van der Waals surface area (Å²) in [6.07, 6.45) is -22.5. The minimum Gasteiger partial charge on any atom is -0.388 e. The molecule has 0 aliphatic carbocycles. The molecule has 0 saturated carbocycles. The molecule has 3 rings (SSSR count). The van der Waals surface area contributed by atoms with Crippen molar-refractivity contribution in [2.24, 2.45) is 0 Å². The number of aliphatic hydroxyl groups is 6. The lowest BCUT2D eigenvalue weighted by atomic mass is 9.97. The minimum absolute atomic E-state index is 0.0795. The molecule has 3 saturated heterocycles. The van der Waals surface area contributed by atoms with Crippen molar-refractivity contribution < 1.29 is 120 Å². The molecule has 338 valence electrons. The van der Waals surface area contributed by atoms with Gasteiger partial charge in [-0.05, 0) is 6.42 Å². The topological polar surface area (TPSA) is 424 Å². The molecule has 3 aliphatic heterocycles. The van der Waals surface area contributed by atoms with Crippen LogP contribution in [0.4, 0.5) is 0 Å². The minimum atomic E-state index is -5.51. The number of hydrogen-bond acceptors (Lipinski definition) is 21. The van der Waals surface area contributed by atoms with Gasteiger partial charge in [-0.1, -0.05) is 6.92 Å². The number of nitrogens with one attached hydrogen (secondary N) is 3. The SMILES string of the molecule is CCCO[C@@H]1OC(COP(=O)(O)O[C@@H]2OC(COP(=O)(O)O[C@@H]3OC(COP(=O)(O)O)[C@H](O)[C@H](O)C3NC(C)=O)[C@H](O)[C@H](O)C2NC(C)=O)[C@H](O)[C@H](O)C1NC(C)=O. The lowest BCUT2D eigenvalue weighted by Crippen LogP contribution is -2.65. The van der Waals surface area contributed by atoms with Crippen LogP contribution in [0.2, 0.25) is 0 Å². The molecular formula is C27H50N3O25P3. The summed E-state index contributed by atoms with van der Waals surface area (Å²) in [7, 11) is -16.1. The van der Waals surface area contributed by atoms with Gasteiger partial charge in [-0.2, -0.15) is 0 Å². The van der Waals surface area contributed by atoms with Gasteiger partial charge < -0.3 is 85.1 Å². The summed E-state index contributed by atoms with van der Waals surface area (Å²) in [5.74, 6) is -2.34. The lowest BCUT2D eigenvalue weighted by molar-refractivity contribution is -0.271. The molecule has 0 aromatic carbocycles. The van der Waals surface area contributed by atoms with Crippen LogP contribution in [0, 0.1) is 0 Å². The second-order valence-electron chi connectivity index (χ2n) is 13.1. The number of aliphatic hydroxyl groups excluding tert-OH is 6. The highest BCUT2D eigenvalue weighted by atomic mass is 31.2. The van der Waals surface area contributed by atoms with Crippen molar-refractivity contribution >= 4 is 41.2 Å². The number of carbonyl (C=O) groups excluding carboxylic acids is 3. The molecule has 0 radical (unpaired) electrons. The average molecular weight is 910 g/mol. The van der Waals surface area contributed by atoms with Crippen LogP contribution in [0.3, 0.4) is 0 Å². The second-order valence-corrected chi connectivity index (χ2v) is 17.2. The molecule has 3 heterocycles. The highest BCUT2D eigenvalue weighted by Crippen LogP contribution is 2.49. The van der Waals surface area contributed by atoms with Crippen LogP contribution in [0.25, 0.3) is 0 Å². The molecular weight excluding hydrogens is 859 g/mol. The molecule has 17 atom stereocenters. The Morgan fingerprint density at radius 3 is 1.16 bits per heavy atom. The first-order valence-corrected chi connectivity index (χ1v) is 21.8. The van der Waals surface area contributed by atoms with E-state index in [0.29, 0.717) is 6.42 Å². The van der Waals surface area contributed by atoms with Gasteiger partial charge in [0.25, 0.3) is 0 Å². The largest absolute Gasteiger partial charge is 0.474 e. The molecule has 0 bridgehead atoms. The van der Waals surface area contributed by atoms with Crippen LogP contribution < -0.4 is 16.0 Å². The lowest BCUT2D eigenvalue weighted by Gasteiger charge is -2.44. The van der Waals surface area contributed by atoms with Gasteiger partial charge in [0.15, 0.2) is 18.9 Å². The monoisotopic (exact) mass is 909 g/mol. The van der Waals surface area contributed by atoms with Crippen LogP contribution in [0.1, 0.15) is 34.1 Å². The molecule has 58 heavy (non-hydrogen) atoms. The highest BCUT2D eigenvalue weighted by Gasteiger charge is 2.52. The maximum absolute atomic E-state index is 13.1. The quantitative estimate of drug-likeness (QED) is 0.0538. The predicted molar refractivity (Wildman–Crippen MR) is 183 cm³/mol. The number of ether oxygens (including phenoxy) is 4. The Balaban J connectivity index is 1.74. The molecule has 31 heteroatoms. The van der Waals surface area contributed by atoms with E-state index in [9.17, 15) is 68.5 Å². The number of hydrogen-bond donors (Lipinski definition) is 13. The van der Waals surface area contributed by atoms with E-state index < -0.39 is 153 Å². The zero-order chi connectivity index (χ0) is 43.9. The molecule has 0 spiro atoms. The van der Waals surface area contributed by atoms with E-state index in [2.05, 4.69) is 20.5 Å². The Labute approximate surface area is 329 Å². The van der Waals surface area contributed by atoms with E-state index in [4.69, 9.17) is 46.8 Å².